The van der Waals surface area contributed by atoms with Crippen molar-refractivity contribution >= 4 is 27.2 Å². The lowest BCUT2D eigenvalue weighted by Crippen LogP contribution is -2.26. The molecule has 1 saturated heterocycles. The molecule has 134 valence electrons. The van der Waals surface area contributed by atoms with Crippen LogP contribution < -0.4 is 10.1 Å². The Labute approximate surface area is 155 Å². The highest BCUT2D eigenvalue weighted by atomic mass is 32.1. The molecule has 1 aliphatic heterocycles. The second-order valence-electron chi connectivity index (χ2n) is 6.89. The van der Waals surface area contributed by atoms with E-state index in [4.69, 9.17) is 9.72 Å². The van der Waals surface area contributed by atoms with Crippen LogP contribution in [0.3, 0.4) is 0 Å². The summed E-state index contributed by atoms with van der Waals surface area (Å²) in [5, 5.41) is 8.99. The van der Waals surface area contributed by atoms with Gasteiger partial charge < -0.3 is 10.1 Å². The molecule has 1 aromatic carbocycles. The van der Waals surface area contributed by atoms with Gasteiger partial charge in [0.15, 0.2) is 4.96 Å². The predicted molar refractivity (Wildman–Crippen MR) is 104 cm³/mol. The van der Waals surface area contributed by atoms with Gasteiger partial charge in [-0.25, -0.2) is 4.98 Å². The number of rotatable bonds is 3. The van der Waals surface area contributed by atoms with Gasteiger partial charge in [-0.15, -0.1) is 0 Å². The largest absolute Gasteiger partial charge is 0.494 e. The van der Waals surface area contributed by atoms with Gasteiger partial charge in [0.1, 0.15) is 11.3 Å². The number of imidazole rings is 1. The Morgan fingerprint density at radius 2 is 2.04 bits per heavy atom. The first-order chi connectivity index (χ1) is 12.7. The lowest BCUT2D eigenvalue weighted by molar-refractivity contribution is 0.418. The van der Waals surface area contributed by atoms with Crippen molar-refractivity contribution in [2.45, 2.75) is 18.8 Å². The SMILES string of the molecule is COc1cc(-c2cn3cc(C4CCNCC4)nc3s2)cc2cn(C)nc12. The topological polar surface area (TPSA) is 56.4 Å². The molecule has 26 heavy (non-hydrogen) atoms. The molecular weight excluding hydrogens is 346 g/mol. The third-order valence-corrected chi connectivity index (χ3v) is 6.17. The minimum atomic E-state index is 0.582. The summed E-state index contributed by atoms with van der Waals surface area (Å²) in [6.07, 6.45) is 8.74. The molecule has 4 aromatic rings. The van der Waals surface area contributed by atoms with E-state index < -0.39 is 0 Å². The van der Waals surface area contributed by atoms with Gasteiger partial charge in [-0.1, -0.05) is 11.3 Å². The quantitative estimate of drug-likeness (QED) is 0.603. The van der Waals surface area contributed by atoms with Crippen molar-refractivity contribution in [3.05, 3.63) is 36.4 Å². The van der Waals surface area contributed by atoms with Crippen molar-refractivity contribution in [3.8, 4) is 16.2 Å². The summed E-state index contributed by atoms with van der Waals surface area (Å²) in [6.45, 7) is 2.18. The van der Waals surface area contributed by atoms with E-state index in [1.165, 1.54) is 23.4 Å². The Morgan fingerprint density at radius 3 is 2.81 bits per heavy atom. The fraction of sp³-hybridized carbons (Fsp3) is 0.368. The summed E-state index contributed by atoms with van der Waals surface area (Å²) in [4.78, 5) is 7.14. The number of aromatic nitrogens is 4. The number of ether oxygens (including phenoxy) is 1. The zero-order valence-corrected chi connectivity index (χ0v) is 15.7. The van der Waals surface area contributed by atoms with E-state index in [1.54, 1.807) is 18.4 Å². The summed E-state index contributed by atoms with van der Waals surface area (Å²) in [5.74, 6) is 1.39. The molecule has 7 heteroatoms. The summed E-state index contributed by atoms with van der Waals surface area (Å²) < 4.78 is 9.54. The van der Waals surface area contributed by atoms with Crippen LogP contribution in [0.4, 0.5) is 0 Å². The first kappa shape index (κ1) is 15.8. The minimum Gasteiger partial charge on any atom is -0.494 e. The van der Waals surface area contributed by atoms with Crippen LogP contribution in [0.25, 0.3) is 26.3 Å². The van der Waals surface area contributed by atoms with Gasteiger partial charge in [-0.3, -0.25) is 9.08 Å². The van der Waals surface area contributed by atoms with E-state index >= 15 is 0 Å². The van der Waals surface area contributed by atoms with Gasteiger partial charge in [0, 0.05) is 36.9 Å². The van der Waals surface area contributed by atoms with Gasteiger partial charge in [0.2, 0.25) is 0 Å². The predicted octanol–water partition coefficient (Wildman–Crippen LogP) is 3.43. The molecule has 3 aromatic heterocycles. The number of benzene rings is 1. The minimum absolute atomic E-state index is 0.582. The molecule has 5 rings (SSSR count). The Hall–Kier alpha value is -2.38. The lowest BCUT2D eigenvalue weighted by Gasteiger charge is -2.20. The number of nitrogens with zero attached hydrogens (tertiary/aromatic N) is 4. The maximum absolute atomic E-state index is 5.56. The number of piperidine rings is 1. The average Bonchev–Trinajstić information content (AvgIpc) is 3.33. The highest BCUT2D eigenvalue weighted by molar-refractivity contribution is 7.20. The lowest BCUT2D eigenvalue weighted by atomic mass is 9.95. The fourth-order valence-electron chi connectivity index (χ4n) is 3.78. The molecule has 6 nitrogen and oxygen atoms in total. The Bertz CT molecular complexity index is 1050. The second-order valence-corrected chi connectivity index (χ2v) is 7.90. The third-order valence-electron chi connectivity index (χ3n) is 5.12. The molecule has 0 amide bonds. The summed E-state index contributed by atoms with van der Waals surface area (Å²) >= 11 is 1.72. The molecule has 0 aliphatic carbocycles. The number of aryl methyl sites for hydroxylation is 1. The molecule has 1 fully saturated rings. The summed E-state index contributed by atoms with van der Waals surface area (Å²) in [6, 6.07) is 4.23. The average molecular weight is 367 g/mol. The van der Waals surface area contributed by atoms with Crippen LogP contribution in [-0.4, -0.2) is 39.4 Å². The zero-order chi connectivity index (χ0) is 17.7. The van der Waals surface area contributed by atoms with Crippen molar-refractivity contribution in [2.24, 2.45) is 7.05 Å². The standard InChI is InChI=1S/C19H21N5OS/c1-23-9-14-7-13(8-16(25-2)18(14)22-23)17-11-24-10-15(21-19(24)26-17)12-3-5-20-6-4-12/h7-12,20H,3-6H2,1-2H3. The number of thiazole rings is 1. The van der Waals surface area contributed by atoms with E-state index in [2.05, 4.69) is 39.3 Å². The van der Waals surface area contributed by atoms with Crippen molar-refractivity contribution in [2.75, 3.05) is 20.2 Å². The first-order valence-corrected chi connectivity index (χ1v) is 9.74. The van der Waals surface area contributed by atoms with Crippen molar-refractivity contribution in [3.63, 3.8) is 0 Å². The van der Waals surface area contributed by atoms with Crippen molar-refractivity contribution < 1.29 is 4.74 Å². The molecule has 0 atom stereocenters. The van der Waals surface area contributed by atoms with Gasteiger partial charge in [-0.2, -0.15) is 5.10 Å². The van der Waals surface area contributed by atoms with Gasteiger partial charge >= 0.3 is 0 Å². The molecule has 0 unspecified atom stereocenters. The van der Waals surface area contributed by atoms with E-state index in [-0.39, 0.29) is 0 Å². The van der Waals surface area contributed by atoms with E-state index in [0.29, 0.717) is 5.92 Å². The smallest absolute Gasteiger partial charge is 0.194 e. The third kappa shape index (κ3) is 2.59. The number of nitrogens with one attached hydrogen (secondary N) is 1. The monoisotopic (exact) mass is 367 g/mol. The number of fused-ring (bicyclic) bond motifs is 2. The molecular formula is C19H21N5OS. The van der Waals surface area contributed by atoms with E-state index in [9.17, 15) is 0 Å². The molecule has 0 spiro atoms. The molecule has 4 heterocycles. The Morgan fingerprint density at radius 1 is 1.19 bits per heavy atom. The fourth-order valence-corrected chi connectivity index (χ4v) is 4.74. The zero-order valence-electron chi connectivity index (χ0n) is 14.9. The highest BCUT2D eigenvalue weighted by Gasteiger charge is 2.19. The Balaban J connectivity index is 1.54. The normalized spacial score (nSPS) is 15.9. The van der Waals surface area contributed by atoms with Crippen LogP contribution in [0.2, 0.25) is 0 Å². The van der Waals surface area contributed by atoms with Gasteiger partial charge in [0.05, 0.1) is 17.7 Å². The van der Waals surface area contributed by atoms with Crippen LogP contribution in [0, 0.1) is 0 Å². The summed E-state index contributed by atoms with van der Waals surface area (Å²) in [5.41, 5.74) is 3.26. The maximum atomic E-state index is 5.56. The van der Waals surface area contributed by atoms with Crippen LogP contribution in [0.5, 0.6) is 5.75 Å². The van der Waals surface area contributed by atoms with Crippen molar-refractivity contribution in [1.82, 2.24) is 24.5 Å². The second kappa shape index (κ2) is 6.10. The summed E-state index contributed by atoms with van der Waals surface area (Å²) in [7, 11) is 3.63. The number of methoxy groups -OCH3 is 1. The van der Waals surface area contributed by atoms with Crippen LogP contribution >= 0.6 is 11.3 Å². The van der Waals surface area contributed by atoms with Crippen molar-refractivity contribution in [1.29, 1.82) is 0 Å². The molecule has 0 bridgehead atoms. The highest BCUT2D eigenvalue weighted by Crippen LogP contribution is 2.36. The number of hydrogen-bond acceptors (Lipinski definition) is 5. The van der Waals surface area contributed by atoms with Crippen LogP contribution in [0.15, 0.2) is 30.7 Å². The van der Waals surface area contributed by atoms with Crippen LogP contribution in [-0.2, 0) is 7.05 Å². The van der Waals surface area contributed by atoms with E-state index in [1.807, 2.05) is 17.9 Å². The van der Waals surface area contributed by atoms with E-state index in [0.717, 1.165) is 40.3 Å². The molecule has 0 radical (unpaired) electrons. The first-order valence-electron chi connectivity index (χ1n) is 8.92. The molecule has 1 N–H and O–H groups in total. The maximum Gasteiger partial charge on any atom is 0.194 e. The molecule has 1 aliphatic rings. The number of hydrogen-bond donors (Lipinski definition) is 1. The van der Waals surface area contributed by atoms with Gasteiger partial charge in [0.25, 0.3) is 0 Å². The van der Waals surface area contributed by atoms with Crippen LogP contribution in [0.1, 0.15) is 24.5 Å². The Kier molecular flexibility index (Phi) is 3.72. The van der Waals surface area contributed by atoms with Gasteiger partial charge in [-0.05, 0) is 43.6 Å². The molecule has 0 saturated carbocycles.